The van der Waals surface area contributed by atoms with Crippen molar-refractivity contribution in [1.82, 2.24) is 9.97 Å². The van der Waals surface area contributed by atoms with Gasteiger partial charge < -0.3 is 0 Å². The molecule has 0 amide bonds. The number of aromatic nitrogens is 2. The highest BCUT2D eigenvalue weighted by atomic mass is 35.5. The van der Waals surface area contributed by atoms with E-state index in [1.165, 1.54) is 24.8 Å². The van der Waals surface area contributed by atoms with Crippen molar-refractivity contribution in [3.05, 3.63) is 33.9 Å². The molecule has 0 aliphatic heterocycles. The molecule has 0 atom stereocenters. The molecule has 2 heterocycles. The summed E-state index contributed by atoms with van der Waals surface area (Å²) in [5, 5.41) is 2.69. The summed E-state index contributed by atoms with van der Waals surface area (Å²) < 4.78 is 0. The average Bonchev–Trinajstić information content (AvgIpc) is 2.75. The van der Waals surface area contributed by atoms with Crippen molar-refractivity contribution in [3.63, 3.8) is 0 Å². The van der Waals surface area contributed by atoms with Gasteiger partial charge in [0.1, 0.15) is 5.15 Å². The van der Waals surface area contributed by atoms with Gasteiger partial charge in [0, 0.05) is 11.3 Å². The predicted octanol–water partition coefficient (Wildman–Crippen LogP) is 4.13. The van der Waals surface area contributed by atoms with Crippen molar-refractivity contribution >= 4 is 22.9 Å². The fourth-order valence-corrected chi connectivity index (χ4v) is 3.18. The lowest BCUT2D eigenvalue weighted by Crippen LogP contribution is -2.01. The van der Waals surface area contributed by atoms with Crippen molar-refractivity contribution in [3.8, 4) is 10.7 Å². The highest BCUT2D eigenvalue weighted by molar-refractivity contribution is 7.13. The Bertz CT molecular complexity index is 522. The molecule has 2 aromatic heterocycles. The van der Waals surface area contributed by atoms with E-state index >= 15 is 0 Å². The Hall–Kier alpha value is -0.930. The van der Waals surface area contributed by atoms with Gasteiger partial charge in [-0.05, 0) is 37.1 Å². The van der Waals surface area contributed by atoms with Gasteiger partial charge in [-0.3, -0.25) is 0 Å². The first-order chi connectivity index (χ1) is 8.34. The van der Waals surface area contributed by atoms with E-state index in [1.54, 1.807) is 11.3 Å². The maximum Gasteiger partial charge on any atom is 0.171 e. The van der Waals surface area contributed by atoms with E-state index in [4.69, 9.17) is 16.6 Å². The fourth-order valence-electron chi connectivity index (χ4n) is 2.24. The minimum atomic E-state index is 0.653. The average molecular weight is 265 g/mol. The molecule has 0 radical (unpaired) electrons. The number of thiophene rings is 1. The van der Waals surface area contributed by atoms with Crippen LogP contribution in [0, 0.1) is 0 Å². The van der Waals surface area contributed by atoms with Crippen LogP contribution in [0.4, 0.5) is 0 Å². The summed E-state index contributed by atoms with van der Waals surface area (Å²) in [6.45, 7) is 0. The van der Waals surface area contributed by atoms with E-state index in [0.29, 0.717) is 5.15 Å². The Balaban J connectivity index is 2.09. The Labute approximate surface area is 110 Å². The lowest BCUT2D eigenvalue weighted by Gasteiger charge is -2.08. The second-order valence-electron chi connectivity index (χ2n) is 4.30. The number of nitrogens with zero attached hydrogens (tertiary/aromatic N) is 2. The zero-order valence-corrected chi connectivity index (χ0v) is 11.0. The summed E-state index contributed by atoms with van der Waals surface area (Å²) in [4.78, 5) is 10.2. The first-order valence-corrected chi connectivity index (χ1v) is 7.19. The molecule has 0 aromatic carbocycles. The summed E-state index contributed by atoms with van der Waals surface area (Å²) in [6.07, 6.45) is 5.74. The van der Waals surface area contributed by atoms with Crippen LogP contribution in [0.2, 0.25) is 5.15 Å². The first-order valence-electron chi connectivity index (χ1n) is 5.94. The number of halogens is 1. The van der Waals surface area contributed by atoms with Gasteiger partial charge in [-0.15, -0.1) is 11.3 Å². The standard InChI is InChI=1S/C13H13ClN2S/c14-12-9-5-2-1-3-6-10(9)15-13(16-12)11-7-4-8-17-11/h4,7-8H,1-3,5-6H2. The maximum absolute atomic E-state index is 6.29. The summed E-state index contributed by atoms with van der Waals surface area (Å²) >= 11 is 7.95. The van der Waals surface area contributed by atoms with E-state index in [2.05, 4.69) is 4.98 Å². The monoisotopic (exact) mass is 264 g/mol. The minimum absolute atomic E-state index is 0.653. The van der Waals surface area contributed by atoms with E-state index in [1.807, 2.05) is 17.5 Å². The summed E-state index contributed by atoms with van der Waals surface area (Å²) in [6, 6.07) is 4.06. The smallest absolute Gasteiger partial charge is 0.171 e. The Morgan fingerprint density at radius 2 is 2.00 bits per heavy atom. The van der Waals surface area contributed by atoms with Gasteiger partial charge in [0.15, 0.2) is 5.82 Å². The molecule has 17 heavy (non-hydrogen) atoms. The topological polar surface area (TPSA) is 25.8 Å². The molecule has 2 aromatic rings. The summed E-state index contributed by atoms with van der Waals surface area (Å²) in [5.41, 5.74) is 2.33. The van der Waals surface area contributed by atoms with Crippen LogP contribution in [0.1, 0.15) is 30.5 Å². The van der Waals surface area contributed by atoms with E-state index in [0.717, 1.165) is 29.2 Å². The highest BCUT2D eigenvalue weighted by Crippen LogP contribution is 2.29. The number of fused-ring (bicyclic) bond motifs is 1. The quantitative estimate of drug-likeness (QED) is 0.572. The number of hydrogen-bond acceptors (Lipinski definition) is 3. The molecule has 2 nitrogen and oxygen atoms in total. The lowest BCUT2D eigenvalue weighted by atomic mass is 10.1. The molecule has 0 spiro atoms. The summed E-state index contributed by atoms with van der Waals surface area (Å²) in [5.74, 6) is 0.783. The molecule has 0 saturated carbocycles. The Kier molecular flexibility index (Phi) is 3.12. The zero-order valence-electron chi connectivity index (χ0n) is 9.45. The third-order valence-corrected chi connectivity index (χ3v) is 4.30. The molecule has 0 unspecified atom stereocenters. The fraction of sp³-hybridized carbons (Fsp3) is 0.385. The second-order valence-corrected chi connectivity index (χ2v) is 5.61. The molecule has 0 fully saturated rings. The van der Waals surface area contributed by atoms with Crippen LogP contribution < -0.4 is 0 Å². The van der Waals surface area contributed by atoms with Crippen LogP contribution in [0.25, 0.3) is 10.7 Å². The second kappa shape index (κ2) is 4.75. The van der Waals surface area contributed by atoms with Crippen molar-refractivity contribution in [2.24, 2.45) is 0 Å². The molecule has 1 aliphatic rings. The third kappa shape index (κ3) is 2.22. The van der Waals surface area contributed by atoms with Gasteiger partial charge in [0.05, 0.1) is 4.88 Å². The minimum Gasteiger partial charge on any atom is -0.232 e. The molecular weight excluding hydrogens is 252 g/mol. The number of rotatable bonds is 1. The number of aryl methyl sites for hydroxylation is 1. The van der Waals surface area contributed by atoms with E-state index < -0.39 is 0 Å². The molecule has 3 rings (SSSR count). The molecule has 0 bridgehead atoms. The van der Waals surface area contributed by atoms with Crippen molar-refractivity contribution < 1.29 is 0 Å². The summed E-state index contributed by atoms with van der Waals surface area (Å²) in [7, 11) is 0. The van der Waals surface area contributed by atoms with Crippen LogP contribution in [0.5, 0.6) is 0 Å². The van der Waals surface area contributed by atoms with Crippen molar-refractivity contribution in [2.75, 3.05) is 0 Å². The van der Waals surface area contributed by atoms with Gasteiger partial charge in [0.25, 0.3) is 0 Å². The number of hydrogen-bond donors (Lipinski definition) is 0. The van der Waals surface area contributed by atoms with E-state index in [-0.39, 0.29) is 0 Å². The predicted molar refractivity (Wildman–Crippen MR) is 71.6 cm³/mol. The Morgan fingerprint density at radius 3 is 2.82 bits per heavy atom. The van der Waals surface area contributed by atoms with Gasteiger partial charge in [-0.2, -0.15) is 0 Å². The molecule has 4 heteroatoms. The lowest BCUT2D eigenvalue weighted by molar-refractivity contribution is 0.709. The normalized spacial score (nSPS) is 15.4. The van der Waals surface area contributed by atoms with Gasteiger partial charge >= 0.3 is 0 Å². The SMILES string of the molecule is Clc1nc(-c2cccs2)nc2c1CCCCC2. The van der Waals surface area contributed by atoms with Crippen LogP contribution in [-0.4, -0.2) is 9.97 Å². The van der Waals surface area contributed by atoms with Crippen LogP contribution in [-0.2, 0) is 12.8 Å². The van der Waals surface area contributed by atoms with Crippen LogP contribution in [0.3, 0.4) is 0 Å². The molecular formula is C13H13ClN2S. The van der Waals surface area contributed by atoms with Crippen LogP contribution >= 0.6 is 22.9 Å². The van der Waals surface area contributed by atoms with Gasteiger partial charge in [0.2, 0.25) is 0 Å². The Morgan fingerprint density at radius 1 is 1.12 bits per heavy atom. The molecule has 0 N–H and O–H groups in total. The maximum atomic E-state index is 6.29. The highest BCUT2D eigenvalue weighted by Gasteiger charge is 2.16. The first kappa shape index (κ1) is 11.2. The third-order valence-electron chi connectivity index (χ3n) is 3.12. The van der Waals surface area contributed by atoms with E-state index in [9.17, 15) is 0 Å². The van der Waals surface area contributed by atoms with Gasteiger partial charge in [-0.1, -0.05) is 24.1 Å². The van der Waals surface area contributed by atoms with Crippen molar-refractivity contribution in [2.45, 2.75) is 32.1 Å². The van der Waals surface area contributed by atoms with Crippen LogP contribution in [0.15, 0.2) is 17.5 Å². The molecule has 1 aliphatic carbocycles. The van der Waals surface area contributed by atoms with Gasteiger partial charge in [-0.25, -0.2) is 9.97 Å². The molecule has 0 saturated heterocycles. The van der Waals surface area contributed by atoms with Crippen molar-refractivity contribution in [1.29, 1.82) is 0 Å². The molecule has 88 valence electrons. The largest absolute Gasteiger partial charge is 0.232 e. The zero-order chi connectivity index (χ0) is 11.7.